The monoisotopic (exact) mass is 222 g/mol. The summed E-state index contributed by atoms with van der Waals surface area (Å²) in [6, 6.07) is 5.96. The second kappa shape index (κ2) is 2.87. The molecule has 0 bridgehead atoms. The van der Waals surface area contributed by atoms with E-state index in [1.807, 2.05) is 24.3 Å². The zero-order chi connectivity index (χ0) is 8.55. The Morgan fingerprint density at radius 2 is 2.08 bits per heavy atom. The Morgan fingerprint density at radius 1 is 1.25 bits per heavy atom. The number of fused-ring (bicyclic) bond motifs is 1. The average Bonchev–Trinajstić information content (AvgIpc) is 2.07. The molecule has 0 radical (unpaired) electrons. The van der Waals surface area contributed by atoms with Crippen molar-refractivity contribution in [3.05, 3.63) is 39.9 Å². The van der Waals surface area contributed by atoms with Gasteiger partial charge in [-0.15, -0.1) is 0 Å². The van der Waals surface area contributed by atoms with Gasteiger partial charge in [-0.05, 0) is 23.3 Å². The van der Waals surface area contributed by atoms with E-state index in [0.29, 0.717) is 6.42 Å². The highest BCUT2D eigenvalue weighted by atomic mass is 79.9. The minimum Gasteiger partial charge on any atom is -0.294 e. The summed E-state index contributed by atoms with van der Waals surface area (Å²) in [7, 11) is 0. The molecule has 0 amide bonds. The van der Waals surface area contributed by atoms with Crippen molar-refractivity contribution >= 4 is 27.8 Å². The molecular weight excluding hydrogens is 216 g/mol. The number of hydrogen-bond acceptors (Lipinski definition) is 1. The molecule has 0 heterocycles. The van der Waals surface area contributed by atoms with E-state index < -0.39 is 0 Å². The van der Waals surface area contributed by atoms with Gasteiger partial charge in [-0.25, -0.2) is 0 Å². The van der Waals surface area contributed by atoms with E-state index >= 15 is 0 Å². The van der Waals surface area contributed by atoms with Crippen LogP contribution in [-0.2, 0) is 11.2 Å². The van der Waals surface area contributed by atoms with Gasteiger partial charge in [0.15, 0.2) is 5.78 Å². The number of allylic oxidation sites excluding steroid dienone is 1. The van der Waals surface area contributed by atoms with E-state index in [2.05, 4.69) is 15.9 Å². The maximum Gasteiger partial charge on any atom is 0.160 e. The van der Waals surface area contributed by atoms with Crippen molar-refractivity contribution < 1.29 is 4.79 Å². The molecule has 60 valence electrons. The number of rotatable bonds is 0. The largest absolute Gasteiger partial charge is 0.294 e. The molecule has 0 spiro atoms. The SMILES string of the molecule is O=C1C=Cc2cccc(Br)c2C1. The summed E-state index contributed by atoms with van der Waals surface area (Å²) in [6.07, 6.45) is 4.02. The van der Waals surface area contributed by atoms with Crippen LogP contribution < -0.4 is 0 Å². The summed E-state index contributed by atoms with van der Waals surface area (Å²) >= 11 is 3.42. The second-order valence-electron chi connectivity index (χ2n) is 2.78. The lowest BCUT2D eigenvalue weighted by atomic mass is 9.97. The predicted molar refractivity (Wildman–Crippen MR) is 51.9 cm³/mol. The van der Waals surface area contributed by atoms with Crippen molar-refractivity contribution in [1.82, 2.24) is 0 Å². The van der Waals surface area contributed by atoms with Crippen LogP contribution in [0.2, 0.25) is 0 Å². The summed E-state index contributed by atoms with van der Waals surface area (Å²) in [5.74, 6) is 0.175. The Bertz CT molecular complexity index is 366. The van der Waals surface area contributed by atoms with E-state index in [4.69, 9.17) is 0 Å². The number of benzene rings is 1. The predicted octanol–water partition coefficient (Wildman–Crippen LogP) is 2.59. The Kier molecular flexibility index (Phi) is 1.85. The van der Waals surface area contributed by atoms with Crippen molar-refractivity contribution in [2.24, 2.45) is 0 Å². The lowest BCUT2D eigenvalue weighted by Crippen LogP contribution is -2.05. The van der Waals surface area contributed by atoms with Gasteiger partial charge >= 0.3 is 0 Å². The molecule has 0 saturated heterocycles. The Morgan fingerprint density at radius 3 is 2.92 bits per heavy atom. The van der Waals surface area contributed by atoms with Crippen LogP contribution in [-0.4, -0.2) is 5.78 Å². The van der Waals surface area contributed by atoms with Gasteiger partial charge in [0.2, 0.25) is 0 Å². The third kappa shape index (κ3) is 1.23. The molecule has 0 N–H and O–H groups in total. The molecule has 1 aliphatic carbocycles. The van der Waals surface area contributed by atoms with Crippen LogP contribution in [0.3, 0.4) is 0 Å². The molecule has 0 aromatic heterocycles. The third-order valence-electron chi connectivity index (χ3n) is 1.95. The van der Waals surface area contributed by atoms with Gasteiger partial charge in [0.1, 0.15) is 0 Å². The van der Waals surface area contributed by atoms with Gasteiger partial charge in [0.05, 0.1) is 0 Å². The van der Waals surface area contributed by atoms with Gasteiger partial charge in [-0.2, -0.15) is 0 Å². The quantitative estimate of drug-likeness (QED) is 0.660. The summed E-state index contributed by atoms with van der Waals surface area (Å²) < 4.78 is 1.03. The first kappa shape index (κ1) is 7.74. The first-order chi connectivity index (χ1) is 5.77. The molecule has 1 aromatic rings. The van der Waals surface area contributed by atoms with E-state index in [-0.39, 0.29) is 5.78 Å². The van der Waals surface area contributed by atoms with Crippen LogP contribution in [0, 0.1) is 0 Å². The highest BCUT2D eigenvalue weighted by Gasteiger charge is 2.11. The minimum absolute atomic E-state index is 0.175. The summed E-state index contributed by atoms with van der Waals surface area (Å²) in [5.41, 5.74) is 2.24. The highest BCUT2D eigenvalue weighted by molar-refractivity contribution is 9.10. The Balaban J connectivity index is 2.60. The highest BCUT2D eigenvalue weighted by Crippen LogP contribution is 2.25. The van der Waals surface area contributed by atoms with E-state index in [1.54, 1.807) is 6.08 Å². The van der Waals surface area contributed by atoms with Gasteiger partial charge in [0.25, 0.3) is 0 Å². The molecule has 1 nitrogen and oxygen atoms in total. The van der Waals surface area contributed by atoms with Gasteiger partial charge in [-0.3, -0.25) is 4.79 Å². The van der Waals surface area contributed by atoms with Crippen LogP contribution >= 0.6 is 15.9 Å². The maximum absolute atomic E-state index is 11.1. The zero-order valence-electron chi connectivity index (χ0n) is 6.38. The van der Waals surface area contributed by atoms with Gasteiger partial charge in [0, 0.05) is 10.9 Å². The van der Waals surface area contributed by atoms with E-state index in [1.165, 1.54) is 0 Å². The fourth-order valence-electron chi connectivity index (χ4n) is 1.33. The van der Waals surface area contributed by atoms with Crippen molar-refractivity contribution in [3.63, 3.8) is 0 Å². The number of halogens is 1. The third-order valence-corrected chi connectivity index (χ3v) is 2.70. The summed E-state index contributed by atoms with van der Waals surface area (Å²) in [4.78, 5) is 11.1. The lowest BCUT2D eigenvalue weighted by Gasteiger charge is -2.10. The Hall–Kier alpha value is -0.890. The van der Waals surface area contributed by atoms with Crippen molar-refractivity contribution in [3.8, 4) is 0 Å². The van der Waals surface area contributed by atoms with E-state index in [0.717, 1.165) is 15.6 Å². The van der Waals surface area contributed by atoms with Crippen LogP contribution in [0.4, 0.5) is 0 Å². The van der Waals surface area contributed by atoms with Gasteiger partial charge in [-0.1, -0.05) is 34.1 Å². The fourth-order valence-corrected chi connectivity index (χ4v) is 1.86. The molecule has 2 rings (SSSR count). The van der Waals surface area contributed by atoms with Crippen molar-refractivity contribution in [1.29, 1.82) is 0 Å². The van der Waals surface area contributed by atoms with Gasteiger partial charge < -0.3 is 0 Å². The number of carbonyl (C=O) groups excluding carboxylic acids is 1. The van der Waals surface area contributed by atoms with Crippen LogP contribution in [0.5, 0.6) is 0 Å². The summed E-state index contributed by atoms with van der Waals surface area (Å²) in [5, 5.41) is 0. The van der Waals surface area contributed by atoms with E-state index in [9.17, 15) is 4.79 Å². The molecular formula is C10H7BrO. The summed E-state index contributed by atoms with van der Waals surface area (Å²) in [6.45, 7) is 0. The Labute approximate surface area is 79.2 Å². The standard InChI is InChI=1S/C10H7BrO/c11-10-3-1-2-7-4-5-8(12)6-9(7)10/h1-5H,6H2. The van der Waals surface area contributed by atoms with Crippen molar-refractivity contribution in [2.45, 2.75) is 6.42 Å². The molecule has 0 unspecified atom stereocenters. The van der Waals surface area contributed by atoms with Crippen LogP contribution in [0.15, 0.2) is 28.7 Å². The topological polar surface area (TPSA) is 17.1 Å². The first-order valence-electron chi connectivity index (χ1n) is 3.75. The van der Waals surface area contributed by atoms with Crippen LogP contribution in [0.1, 0.15) is 11.1 Å². The number of hydrogen-bond donors (Lipinski definition) is 0. The average molecular weight is 223 g/mol. The normalized spacial score (nSPS) is 14.6. The zero-order valence-corrected chi connectivity index (χ0v) is 7.97. The number of carbonyl (C=O) groups is 1. The molecule has 1 aromatic carbocycles. The smallest absolute Gasteiger partial charge is 0.160 e. The molecule has 12 heavy (non-hydrogen) atoms. The molecule has 0 saturated carbocycles. The maximum atomic E-state index is 11.1. The molecule has 1 aliphatic rings. The second-order valence-corrected chi connectivity index (χ2v) is 3.64. The molecule has 2 heteroatoms. The first-order valence-corrected chi connectivity index (χ1v) is 4.55. The van der Waals surface area contributed by atoms with Crippen LogP contribution in [0.25, 0.3) is 6.08 Å². The van der Waals surface area contributed by atoms with Crippen molar-refractivity contribution in [2.75, 3.05) is 0 Å². The molecule has 0 aliphatic heterocycles. The number of ketones is 1. The molecule has 0 fully saturated rings. The lowest BCUT2D eigenvalue weighted by molar-refractivity contribution is -0.114. The fraction of sp³-hybridized carbons (Fsp3) is 0.100. The molecule has 0 atom stereocenters. The minimum atomic E-state index is 0.175.